The zero-order chi connectivity index (χ0) is 10.9. The third kappa shape index (κ3) is 5.30. The maximum atomic E-state index is 11.7. The SMILES string of the molecule is O=C(CCCCCCI)c1ccccc1. The summed E-state index contributed by atoms with van der Waals surface area (Å²) in [5.74, 6) is 0.282. The smallest absolute Gasteiger partial charge is 0.162 e. The van der Waals surface area contributed by atoms with Crippen molar-refractivity contribution in [1.29, 1.82) is 0 Å². The molecule has 0 aromatic heterocycles. The van der Waals surface area contributed by atoms with Gasteiger partial charge in [0.25, 0.3) is 0 Å². The lowest BCUT2D eigenvalue weighted by molar-refractivity contribution is 0.0979. The number of hydrogen-bond acceptors (Lipinski definition) is 1. The molecule has 1 rings (SSSR count). The molecule has 0 bridgehead atoms. The molecule has 0 saturated carbocycles. The van der Waals surface area contributed by atoms with E-state index in [2.05, 4.69) is 22.6 Å². The van der Waals surface area contributed by atoms with Gasteiger partial charge < -0.3 is 0 Å². The predicted octanol–water partition coefficient (Wildman–Crippen LogP) is 4.25. The molecular formula is C13H17IO. The Labute approximate surface area is 105 Å². The number of halogens is 1. The van der Waals surface area contributed by atoms with Gasteiger partial charge in [0, 0.05) is 12.0 Å². The summed E-state index contributed by atoms with van der Waals surface area (Å²) in [7, 11) is 0. The number of alkyl halides is 1. The Bertz CT molecular complexity index is 282. The fourth-order valence-electron chi connectivity index (χ4n) is 1.50. The Morgan fingerprint density at radius 1 is 1.00 bits per heavy atom. The molecule has 0 N–H and O–H groups in total. The van der Waals surface area contributed by atoms with Crippen molar-refractivity contribution in [3.05, 3.63) is 35.9 Å². The van der Waals surface area contributed by atoms with Crippen LogP contribution in [0.2, 0.25) is 0 Å². The Morgan fingerprint density at radius 3 is 2.33 bits per heavy atom. The summed E-state index contributed by atoms with van der Waals surface area (Å²) in [5.41, 5.74) is 0.853. The van der Waals surface area contributed by atoms with Gasteiger partial charge in [-0.1, -0.05) is 65.8 Å². The minimum absolute atomic E-state index is 0.282. The van der Waals surface area contributed by atoms with Crippen molar-refractivity contribution in [2.75, 3.05) is 4.43 Å². The first kappa shape index (κ1) is 12.7. The number of hydrogen-bond donors (Lipinski definition) is 0. The van der Waals surface area contributed by atoms with Crippen LogP contribution in [0.1, 0.15) is 42.5 Å². The molecular weight excluding hydrogens is 299 g/mol. The van der Waals surface area contributed by atoms with Crippen molar-refractivity contribution >= 4 is 28.4 Å². The fourth-order valence-corrected chi connectivity index (χ4v) is 2.04. The van der Waals surface area contributed by atoms with Gasteiger partial charge in [0.2, 0.25) is 0 Å². The molecule has 0 spiro atoms. The summed E-state index contributed by atoms with van der Waals surface area (Å²) in [5, 5.41) is 0. The molecule has 0 saturated heterocycles. The van der Waals surface area contributed by atoms with Crippen LogP contribution in [-0.2, 0) is 0 Å². The number of benzene rings is 1. The van der Waals surface area contributed by atoms with E-state index in [0.717, 1.165) is 12.0 Å². The van der Waals surface area contributed by atoms with Gasteiger partial charge in [-0.15, -0.1) is 0 Å². The average molecular weight is 316 g/mol. The van der Waals surface area contributed by atoms with Crippen molar-refractivity contribution < 1.29 is 4.79 Å². The van der Waals surface area contributed by atoms with Gasteiger partial charge in [-0.2, -0.15) is 0 Å². The molecule has 0 fully saturated rings. The van der Waals surface area contributed by atoms with Gasteiger partial charge in [-0.3, -0.25) is 4.79 Å². The maximum absolute atomic E-state index is 11.7. The maximum Gasteiger partial charge on any atom is 0.162 e. The van der Waals surface area contributed by atoms with Crippen LogP contribution >= 0.6 is 22.6 Å². The second kappa shape index (κ2) is 7.85. The number of ketones is 1. The van der Waals surface area contributed by atoms with E-state index < -0.39 is 0 Å². The van der Waals surface area contributed by atoms with E-state index >= 15 is 0 Å². The first-order valence-corrected chi connectivity index (χ1v) is 7.01. The van der Waals surface area contributed by atoms with Crippen molar-refractivity contribution in [2.24, 2.45) is 0 Å². The Hall–Kier alpha value is -0.380. The Balaban J connectivity index is 2.20. The summed E-state index contributed by atoms with van der Waals surface area (Å²) in [4.78, 5) is 11.7. The summed E-state index contributed by atoms with van der Waals surface area (Å²) in [6.07, 6.45) is 5.45. The summed E-state index contributed by atoms with van der Waals surface area (Å²) < 4.78 is 1.23. The molecule has 0 atom stereocenters. The minimum Gasteiger partial charge on any atom is -0.294 e. The molecule has 1 aromatic carbocycles. The largest absolute Gasteiger partial charge is 0.294 e. The molecule has 1 aromatic rings. The van der Waals surface area contributed by atoms with Crippen molar-refractivity contribution in [3.8, 4) is 0 Å². The van der Waals surface area contributed by atoms with E-state index in [4.69, 9.17) is 0 Å². The lowest BCUT2D eigenvalue weighted by atomic mass is 10.0. The standard InChI is InChI=1S/C13H17IO/c14-11-7-2-1-6-10-13(15)12-8-4-3-5-9-12/h3-5,8-9H,1-2,6-7,10-11H2. The van der Waals surface area contributed by atoms with E-state index in [1.807, 2.05) is 30.3 Å². The Kier molecular flexibility index (Phi) is 6.64. The van der Waals surface area contributed by atoms with Gasteiger partial charge in [-0.05, 0) is 17.3 Å². The van der Waals surface area contributed by atoms with Gasteiger partial charge in [0.05, 0.1) is 0 Å². The van der Waals surface area contributed by atoms with E-state index in [1.165, 1.54) is 23.7 Å². The highest BCUT2D eigenvalue weighted by Gasteiger charge is 2.03. The second-order valence-electron chi connectivity index (χ2n) is 3.64. The molecule has 0 aliphatic heterocycles. The molecule has 1 nitrogen and oxygen atoms in total. The van der Waals surface area contributed by atoms with Gasteiger partial charge >= 0.3 is 0 Å². The molecule has 0 aliphatic carbocycles. The molecule has 82 valence electrons. The third-order valence-corrected chi connectivity index (χ3v) is 3.15. The topological polar surface area (TPSA) is 17.1 Å². The number of rotatable bonds is 7. The van der Waals surface area contributed by atoms with E-state index in [0.29, 0.717) is 6.42 Å². The van der Waals surface area contributed by atoms with Crippen LogP contribution in [0.5, 0.6) is 0 Å². The minimum atomic E-state index is 0.282. The van der Waals surface area contributed by atoms with Gasteiger partial charge in [0.1, 0.15) is 0 Å². The summed E-state index contributed by atoms with van der Waals surface area (Å²) in [6.45, 7) is 0. The van der Waals surface area contributed by atoms with E-state index in [-0.39, 0.29) is 5.78 Å². The van der Waals surface area contributed by atoms with Crippen LogP contribution in [0.3, 0.4) is 0 Å². The first-order chi connectivity index (χ1) is 7.34. The van der Waals surface area contributed by atoms with Crippen molar-refractivity contribution in [3.63, 3.8) is 0 Å². The third-order valence-electron chi connectivity index (χ3n) is 2.38. The monoisotopic (exact) mass is 316 g/mol. The Morgan fingerprint density at radius 2 is 1.67 bits per heavy atom. The molecule has 15 heavy (non-hydrogen) atoms. The number of unbranched alkanes of at least 4 members (excludes halogenated alkanes) is 3. The molecule has 0 radical (unpaired) electrons. The van der Waals surface area contributed by atoms with Crippen LogP contribution in [0.15, 0.2) is 30.3 Å². The van der Waals surface area contributed by atoms with Gasteiger partial charge in [-0.25, -0.2) is 0 Å². The molecule has 0 unspecified atom stereocenters. The van der Waals surface area contributed by atoms with Crippen LogP contribution in [0, 0.1) is 0 Å². The highest BCUT2D eigenvalue weighted by atomic mass is 127. The normalized spacial score (nSPS) is 10.2. The zero-order valence-electron chi connectivity index (χ0n) is 8.92. The highest BCUT2D eigenvalue weighted by molar-refractivity contribution is 14.1. The molecule has 0 aliphatic rings. The average Bonchev–Trinajstić information content (AvgIpc) is 2.30. The summed E-state index contributed by atoms with van der Waals surface area (Å²) >= 11 is 2.39. The van der Waals surface area contributed by atoms with E-state index in [9.17, 15) is 4.79 Å². The zero-order valence-corrected chi connectivity index (χ0v) is 11.1. The van der Waals surface area contributed by atoms with Crippen LogP contribution < -0.4 is 0 Å². The number of Topliss-reactive ketones (excluding diaryl/α,β-unsaturated/α-hetero) is 1. The molecule has 2 heteroatoms. The highest BCUT2D eigenvalue weighted by Crippen LogP contribution is 2.09. The first-order valence-electron chi connectivity index (χ1n) is 5.49. The van der Waals surface area contributed by atoms with E-state index in [1.54, 1.807) is 0 Å². The molecule has 0 heterocycles. The van der Waals surface area contributed by atoms with Crippen LogP contribution in [0.25, 0.3) is 0 Å². The van der Waals surface area contributed by atoms with Crippen molar-refractivity contribution in [1.82, 2.24) is 0 Å². The van der Waals surface area contributed by atoms with Gasteiger partial charge in [0.15, 0.2) is 5.78 Å². The van der Waals surface area contributed by atoms with Crippen LogP contribution in [0.4, 0.5) is 0 Å². The lowest BCUT2D eigenvalue weighted by Gasteiger charge is -2.00. The molecule has 0 amide bonds. The predicted molar refractivity (Wildman–Crippen MR) is 72.7 cm³/mol. The number of carbonyl (C=O) groups excluding carboxylic acids is 1. The van der Waals surface area contributed by atoms with Crippen LogP contribution in [-0.4, -0.2) is 10.2 Å². The second-order valence-corrected chi connectivity index (χ2v) is 4.72. The number of carbonyl (C=O) groups is 1. The van der Waals surface area contributed by atoms with Crippen molar-refractivity contribution in [2.45, 2.75) is 32.1 Å². The fraction of sp³-hybridized carbons (Fsp3) is 0.462. The quantitative estimate of drug-likeness (QED) is 0.318. The summed E-state index contributed by atoms with van der Waals surface area (Å²) in [6, 6.07) is 9.57. The lowest BCUT2D eigenvalue weighted by Crippen LogP contribution is -1.98.